The molecule has 0 aliphatic heterocycles. The van der Waals surface area contributed by atoms with Crippen molar-refractivity contribution in [2.75, 3.05) is 11.9 Å². The second-order valence-electron chi connectivity index (χ2n) is 5.49. The molecule has 0 radical (unpaired) electrons. The second-order valence-corrected chi connectivity index (χ2v) is 5.49. The van der Waals surface area contributed by atoms with E-state index in [9.17, 15) is 14.4 Å². The van der Waals surface area contributed by atoms with Gasteiger partial charge in [-0.05, 0) is 35.7 Å². The Morgan fingerprint density at radius 1 is 1.11 bits per heavy atom. The fourth-order valence-corrected chi connectivity index (χ4v) is 2.18. The van der Waals surface area contributed by atoms with Crippen LogP contribution in [0.15, 0.2) is 53.6 Å². The van der Waals surface area contributed by atoms with Crippen LogP contribution in [0.25, 0.3) is 0 Å². The zero-order valence-corrected chi connectivity index (χ0v) is 14.8. The molecule has 0 unspecified atom stereocenters. The summed E-state index contributed by atoms with van der Waals surface area (Å²) in [6.45, 7) is 1.72. The molecular formula is C19H20N4O4. The molecule has 0 atom stereocenters. The van der Waals surface area contributed by atoms with Crippen LogP contribution in [0.2, 0.25) is 0 Å². The number of hydrogen-bond acceptors (Lipinski definition) is 5. The van der Waals surface area contributed by atoms with Crippen molar-refractivity contribution in [3.05, 3.63) is 59.7 Å². The van der Waals surface area contributed by atoms with Crippen molar-refractivity contribution in [2.24, 2.45) is 10.8 Å². The molecule has 2 aromatic carbocycles. The Bertz CT molecular complexity index is 864. The number of amides is 3. The minimum Gasteiger partial charge on any atom is -0.484 e. The summed E-state index contributed by atoms with van der Waals surface area (Å²) in [7, 11) is 0. The van der Waals surface area contributed by atoms with Gasteiger partial charge in [-0.2, -0.15) is 5.10 Å². The van der Waals surface area contributed by atoms with Crippen LogP contribution in [0.3, 0.4) is 0 Å². The third-order valence-electron chi connectivity index (χ3n) is 3.47. The largest absolute Gasteiger partial charge is 0.484 e. The number of nitrogens with one attached hydrogen (secondary N) is 2. The normalized spacial score (nSPS) is 10.4. The number of ether oxygens (including phenoxy) is 1. The van der Waals surface area contributed by atoms with Gasteiger partial charge in [-0.15, -0.1) is 0 Å². The fourth-order valence-electron chi connectivity index (χ4n) is 2.18. The van der Waals surface area contributed by atoms with Crippen LogP contribution in [0.5, 0.6) is 5.75 Å². The van der Waals surface area contributed by atoms with E-state index in [0.29, 0.717) is 17.0 Å². The molecule has 0 saturated heterocycles. The van der Waals surface area contributed by atoms with Crippen LogP contribution in [0.4, 0.5) is 5.69 Å². The first kappa shape index (κ1) is 19.6. The number of hydrogen-bond donors (Lipinski definition) is 3. The fraction of sp³-hybridized carbons (Fsp3) is 0.158. The van der Waals surface area contributed by atoms with Gasteiger partial charge in [-0.3, -0.25) is 14.4 Å². The van der Waals surface area contributed by atoms with E-state index in [1.165, 1.54) is 6.21 Å². The van der Waals surface area contributed by atoms with Gasteiger partial charge in [0.15, 0.2) is 6.61 Å². The number of primary amides is 1. The number of benzene rings is 2. The predicted octanol–water partition coefficient (Wildman–Crippen LogP) is 1.20. The van der Waals surface area contributed by atoms with Crippen LogP contribution < -0.4 is 21.2 Å². The van der Waals surface area contributed by atoms with Crippen molar-refractivity contribution in [2.45, 2.75) is 13.3 Å². The Morgan fingerprint density at radius 2 is 1.89 bits per heavy atom. The first-order valence-electron chi connectivity index (χ1n) is 8.23. The monoisotopic (exact) mass is 368 g/mol. The van der Waals surface area contributed by atoms with Crippen LogP contribution in [-0.2, 0) is 20.8 Å². The Kier molecular flexibility index (Phi) is 7.07. The topological polar surface area (TPSA) is 123 Å². The van der Waals surface area contributed by atoms with Crippen molar-refractivity contribution in [3.63, 3.8) is 0 Å². The molecule has 0 heterocycles. The van der Waals surface area contributed by atoms with Crippen molar-refractivity contribution in [1.29, 1.82) is 0 Å². The molecule has 0 fully saturated rings. The minimum atomic E-state index is -0.890. The summed E-state index contributed by atoms with van der Waals surface area (Å²) in [6, 6.07) is 13.9. The summed E-state index contributed by atoms with van der Waals surface area (Å²) < 4.78 is 5.17. The predicted molar refractivity (Wildman–Crippen MR) is 101 cm³/mol. The van der Waals surface area contributed by atoms with E-state index in [0.717, 1.165) is 12.0 Å². The zero-order valence-electron chi connectivity index (χ0n) is 14.8. The van der Waals surface area contributed by atoms with Crippen LogP contribution in [-0.4, -0.2) is 30.5 Å². The van der Waals surface area contributed by atoms with Gasteiger partial charge < -0.3 is 15.8 Å². The standard InChI is InChI=1S/C19H20N4O4/c1-2-14-7-3-4-9-16(14)22-18(25)19(26)23-21-11-13-6-5-8-15(10-13)27-12-17(20)24/h3-11H,2,12H2,1H3,(H2,20,24)(H,22,25)(H,23,26)/b21-11+. The number of nitrogens with zero attached hydrogens (tertiary/aromatic N) is 1. The van der Waals surface area contributed by atoms with Gasteiger partial charge in [-0.1, -0.05) is 37.3 Å². The highest BCUT2D eigenvalue weighted by Gasteiger charge is 2.14. The van der Waals surface area contributed by atoms with E-state index in [-0.39, 0.29) is 6.61 Å². The van der Waals surface area contributed by atoms with Gasteiger partial charge in [0, 0.05) is 5.69 Å². The van der Waals surface area contributed by atoms with Gasteiger partial charge in [0.2, 0.25) is 0 Å². The van der Waals surface area contributed by atoms with E-state index in [1.807, 2.05) is 19.1 Å². The second kappa shape index (κ2) is 9.71. The Balaban J connectivity index is 1.91. The zero-order chi connectivity index (χ0) is 19.6. The van der Waals surface area contributed by atoms with Crippen LogP contribution >= 0.6 is 0 Å². The Labute approximate surface area is 156 Å². The smallest absolute Gasteiger partial charge is 0.329 e. The van der Waals surface area contributed by atoms with Crippen LogP contribution in [0.1, 0.15) is 18.1 Å². The van der Waals surface area contributed by atoms with Crippen molar-refractivity contribution >= 4 is 29.6 Å². The van der Waals surface area contributed by atoms with Crippen molar-refractivity contribution in [3.8, 4) is 5.75 Å². The number of para-hydroxylation sites is 1. The maximum atomic E-state index is 12.0. The number of rotatable bonds is 7. The maximum Gasteiger partial charge on any atom is 0.329 e. The Hall–Kier alpha value is -3.68. The molecule has 2 rings (SSSR count). The molecule has 0 aliphatic rings. The van der Waals surface area contributed by atoms with E-state index >= 15 is 0 Å². The molecular weight excluding hydrogens is 348 g/mol. The van der Waals surface area contributed by atoms with Crippen LogP contribution in [0, 0.1) is 0 Å². The highest BCUT2D eigenvalue weighted by atomic mass is 16.5. The molecule has 0 bridgehead atoms. The minimum absolute atomic E-state index is 0.239. The average Bonchev–Trinajstić information content (AvgIpc) is 2.67. The van der Waals surface area contributed by atoms with Gasteiger partial charge in [-0.25, -0.2) is 5.43 Å². The lowest BCUT2D eigenvalue weighted by Crippen LogP contribution is -2.32. The molecule has 0 aromatic heterocycles. The SMILES string of the molecule is CCc1ccccc1NC(=O)C(=O)N/N=C/c1cccc(OCC(N)=O)c1. The molecule has 4 N–H and O–H groups in total. The summed E-state index contributed by atoms with van der Waals surface area (Å²) >= 11 is 0. The van der Waals surface area contributed by atoms with Gasteiger partial charge in [0.05, 0.1) is 6.21 Å². The number of carbonyl (C=O) groups excluding carboxylic acids is 3. The average molecular weight is 368 g/mol. The molecule has 8 nitrogen and oxygen atoms in total. The molecule has 2 aromatic rings. The van der Waals surface area contributed by atoms with Gasteiger partial charge in [0.25, 0.3) is 5.91 Å². The van der Waals surface area contributed by atoms with Crippen molar-refractivity contribution < 1.29 is 19.1 Å². The summed E-state index contributed by atoms with van der Waals surface area (Å²) in [5.74, 6) is -1.86. The highest BCUT2D eigenvalue weighted by Crippen LogP contribution is 2.15. The number of hydrazone groups is 1. The van der Waals surface area contributed by atoms with E-state index in [4.69, 9.17) is 10.5 Å². The van der Waals surface area contributed by atoms with E-state index < -0.39 is 17.7 Å². The molecule has 0 saturated carbocycles. The molecule has 0 spiro atoms. The Morgan fingerprint density at radius 3 is 2.63 bits per heavy atom. The number of aryl methyl sites for hydroxylation is 1. The molecule has 3 amide bonds. The number of anilines is 1. The third kappa shape index (κ3) is 6.28. The lowest BCUT2D eigenvalue weighted by atomic mass is 10.1. The highest BCUT2D eigenvalue weighted by molar-refractivity contribution is 6.39. The quantitative estimate of drug-likeness (QED) is 0.386. The lowest BCUT2D eigenvalue weighted by Gasteiger charge is -2.08. The summed E-state index contributed by atoms with van der Waals surface area (Å²) in [5, 5.41) is 6.31. The molecule has 0 aliphatic carbocycles. The number of carbonyl (C=O) groups is 3. The first-order valence-corrected chi connectivity index (χ1v) is 8.23. The molecule has 8 heteroatoms. The summed E-state index contributed by atoms with van der Waals surface area (Å²) in [4.78, 5) is 34.6. The van der Waals surface area contributed by atoms with Gasteiger partial charge >= 0.3 is 11.8 Å². The summed E-state index contributed by atoms with van der Waals surface area (Å²) in [5.41, 5.74) is 9.30. The summed E-state index contributed by atoms with van der Waals surface area (Å²) in [6.07, 6.45) is 2.08. The third-order valence-corrected chi connectivity index (χ3v) is 3.47. The van der Waals surface area contributed by atoms with Gasteiger partial charge in [0.1, 0.15) is 5.75 Å². The lowest BCUT2D eigenvalue weighted by molar-refractivity contribution is -0.136. The maximum absolute atomic E-state index is 12.0. The molecule has 140 valence electrons. The number of nitrogens with two attached hydrogens (primary N) is 1. The molecule has 27 heavy (non-hydrogen) atoms. The van der Waals surface area contributed by atoms with E-state index in [2.05, 4.69) is 15.8 Å². The first-order chi connectivity index (χ1) is 13.0. The van der Waals surface area contributed by atoms with E-state index in [1.54, 1.807) is 36.4 Å². The van der Waals surface area contributed by atoms with Crippen molar-refractivity contribution in [1.82, 2.24) is 5.43 Å².